The number of hydrogen-bond acceptors (Lipinski definition) is 6. The van der Waals surface area contributed by atoms with Crippen LogP contribution in [-0.4, -0.2) is 21.7 Å². The van der Waals surface area contributed by atoms with Gasteiger partial charge in [-0.2, -0.15) is 0 Å². The first-order valence-electron chi connectivity index (χ1n) is 9.49. The number of carbonyl (C=O) groups is 2. The second-order valence-electron chi connectivity index (χ2n) is 6.64. The first-order chi connectivity index (χ1) is 15.5. The molecule has 0 spiro atoms. The first kappa shape index (κ1) is 20.5. The molecule has 0 saturated heterocycles. The minimum absolute atomic E-state index is 0.00792. The summed E-state index contributed by atoms with van der Waals surface area (Å²) in [7, 11) is 0. The van der Waals surface area contributed by atoms with E-state index in [1.165, 1.54) is 24.3 Å². The Labute approximate surface area is 181 Å². The van der Waals surface area contributed by atoms with Crippen molar-refractivity contribution >= 4 is 29.0 Å². The summed E-state index contributed by atoms with van der Waals surface area (Å²) in [4.78, 5) is 39.9. The Bertz CT molecular complexity index is 1300. The number of hydrogen-bond donors (Lipinski definition) is 2. The van der Waals surface area contributed by atoms with Crippen molar-refractivity contribution in [3.63, 3.8) is 0 Å². The van der Waals surface area contributed by atoms with Crippen LogP contribution in [0.5, 0.6) is 0 Å². The number of rotatable bonds is 6. The number of aromatic nitrogens is 1. The maximum Gasteiger partial charge on any atom is 0.291 e. The highest BCUT2D eigenvalue weighted by Gasteiger charge is 2.18. The van der Waals surface area contributed by atoms with Crippen LogP contribution in [0.2, 0.25) is 0 Å². The van der Waals surface area contributed by atoms with Gasteiger partial charge < -0.3 is 15.1 Å². The zero-order chi connectivity index (χ0) is 22.5. The lowest BCUT2D eigenvalue weighted by Crippen LogP contribution is -2.18. The van der Waals surface area contributed by atoms with Crippen molar-refractivity contribution < 1.29 is 18.9 Å². The summed E-state index contributed by atoms with van der Waals surface area (Å²) in [5.41, 5.74) is 0.919. The van der Waals surface area contributed by atoms with Crippen molar-refractivity contribution in [1.82, 2.24) is 4.98 Å². The maximum absolute atomic E-state index is 12.7. The van der Waals surface area contributed by atoms with Gasteiger partial charge >= 0.3 is 0 Å². The topological polar surface area (TPSA) is 127 Å². The van der Waals surface area contributed by atoms with Crippen molar-refractivity contribution in [2.75, 3.05) is 10.6 Å². The van der Waals surface area contributed by atoms with Crippen LogP contribution >= 0.6 is 0 Å². The van der Waals surface area contributed by atoms with Crippen LogP contribution < -0.4 is 10.6 Å². The van der Waals surface area contributed by atoms with Crippen LogP contribution in [0.25, 0.3) is 11.3 Å². The Balaban J connectivity index is 1.52. The number of non-ortho nitro benzene ring substituents is 1. The van der Waals surface area contributed by atoms with Gasteiger partial charge in [0, 0.05) is 23.9 Å². The lowest BCUT2D eigenvalue weighted by molar-refractivity contribution is -0.384. The third-order valence-corrected chi connectivity index (χ3v) is 4.50. The summed E-state index contributed by atoms with van der Waals surface area (Å²) in [6.07, 6.45) is 1.55. The molecule has 2 amide bonds. The molecule has 9 heteroatoms. The van der Waals surface area contributed by atoms with Crippen LogP contribution in [0.3, 0.4) is 0 Å². The Morgan fingerprint density at radius 3 is 2.47 bits per heavy atom. The molecule has 0 unspecified atom stereocenters. The Morgan fingerprint density at radius 1 is 0.875 bits per heavy atom. The van der Waals surface area contributed by atoms with E-state index in [1.54, 1.807) is 60.8 Å². The molecule has 0 bridgehead atoms. The second-order valence-corrected chi connectivity index (χ2v) is 6.64. The van der Waals surface area contributed by atoms with Gasteiger partial charge in [-0.15, -0.1) is 0 Å². The number of nitrogens with zero attached hydrogens (tertiary/aromatic N) is 2. The molecule has 0 radical (unpaired) electrons. The van der Waals surface area contributed by atoms with E-state index < -0.39 is 16.7 Å². The van der Waals surface area contributed by atoms with Crippen molar-refractivity contribution in [1.29, 1.82) is 0 Å². The third kappa shape index (κ3) is 4.51. The van der Waals surface area contributed by atoms with E-state index in [4.69, 9.17) is 4.42 Å². The predicted octanol–water partition coefficient (Wildman–Crippen LogP) is 4.75. The number of nitrogens with one attached hydrogen (secondary N) is 2. The van der Waals surface area contributed by atoms with Crippen molar-refractivity contribution in [2.24, 2.45) is 0 Å². The molecule has 0 aliphatic heterocycles. The molecule has 0 fully saturated rings. The molecule has 2 heterocycles. The monoisotopic (exact) mass is 428 g/mol. The summed E-state index contributed by atoms with van der Waals surface area (Å²) < 4.78 is 5.59. The number of para-hydroxylation sites is 1. The highest BCUT2D eigenvalue weighted by Crippen LogP contribution is 2.26. The highest BCUT2D eigenvalue weighted by molar-refractivity contribution is 6.11. The molecular weight excluding hydrogens is 412 g/mol. The van der Waals surface area contributed by atoms with E-state index in [-0.39, 0.29) is 17.0 Å². The molecule has 158 valence electrons. The fourth-order valence-electron chi connectivity index (χ4n) is 2.98. The fourth-order valence-corrected chi connectivity index (χ4v) is 2.98. The van der Waals surface area contributed by atoms with E-state index >= 15 is 0 Å². The maximum atomic E-state index is 12.7. The minimum Gasteiger partial charge on any atom is -0.451 e. The van der Waals surface area contributed by atoms with Gasteiger partial charge in [-0.05, 0) is 36.4 Å². The summed E-state index contributed by atoms with van der Waals surface area (Å²) in [5.74, 6) is -0.325. The van der Waals surface area contributed by atoms with Crippen molar-refractivity contribution in [3.05, 3.63) is 106 Å². The molecular formula is C23H16N4O5. The van der Waals surface area contributed by atoms with E-state index in [0.29, 0.717) is 22.8 Å². The van der Waals surface area contributed by atoms with Crippen LogP contribution in [0, 0.1) is 10.1 Å². The number of benzene rings is 2. The van der Waals surface area contributed by atoms with Crippen molar-refractivity contribution in [3.8, 4) is 11.3 Å². The number of nitro groups is 1. The van der Waals surface area contributed by atoms with Gasteiger partial charge in [-0.25, -0.2) is 4.98 Å². The molecule has 4 aromatic rings. The van der Waals surface area contributed by atoms with Gasteiger partial charge in [0.25, 0.3) is 17.5 Å². The van der Waals surface area contributed by atoms with Gasteiger partial charge in [0.1, 0.15) is 11.6 Å². The second kappa shape index (κ2) is 8.92. The van der Waals surface area contributed by atoms with Gasteiger partial charge in [0.05, 0.1) is 16.2 Å². The SMILES string of the molecule is O=C(Nc1ccccc1C(=O)Nc1ccccn1)c1ccc(-c2cccc([N+](=O)[O-])c2)o1. The van der Waals surface area contributed by atoms with Gasteiger partial charge in [0.2, 0.25) is 0 Å². The van der Waals surface area contributed by atoms with E-state index in [9.17, 15) is 19.7 Å². The first-order valence-corrected chi connectivity index (χ1v) is 9.49. The Morgan fingerprint density at radius 2 is 1.69 bits per heavy atom. The zero-order valence-electron chi connectivity index (χ0n) is 16.5. The Kier molecular flexibility index (Phi) is 5.71. The standard InChI is InChI=1S/C23H16N4O5/c28-22(26-21-10-3-4-13-24-21)17-8-1-2-9-18(17)25-23(29)20-12-11-19(32-20)15-6-5-7-16(14-15)27(30)31/h1-14H,(H,25,29)(H,24,26,28). The van der Waals surface area contributed by atoms with E-state index in [2.05, 4.69) is 15.6 Å². The summed E-state index contributed by atoms with van der Waals surface area (Å²) in [5, 5.41) is 16.3. The molecule has 9 nitrogen and oxygen atoms in total. The lowest BCUT2D eigenvalue weighted by Gasteiger charge is -2.10. The summed E-state index contributed by atoms with van der Waals surface area (Å²) in [6, 6.07) is 20.6. The molecule has 0 aliphatic rings. The normalized spacial score (nSPS) is 10.4. The average Bonchev–Trinajstić information content (AvgIpc) is 3.31. The molecule has 0 atom stereocenters. The zero-order valence-corrected chi connectivity index (χ0v) is 16.5. The number of carbonyl (C=O) groups excluding carboxylic acids is 2. The lowest BCUT2D eigenvalue weighted by atomic mass is 10.1. The summed E-state index contributed by atoms with van der Waals surface area (Å²) in [6.45, 7) is 0. The Hall–Kier alpha value is -4.79. The molecule has 0 aliphatic carbocycles. The molecule has 2 aromatic heterocycles. The third-order valence-electron chi connectivity index (χ3n) is 4.50. The average molecular weight is 428 g/mol. The number of nitro benzene ring substituents is 1. The molecule has 2 N–H and O–H groups in total. The molecule has 0 saturated carbocycles. The van der Waals surface area contributed by atoms with Crippen molar-refractivity contribution in [2.45, 2.75) is 0 Å². The van der Waals surface area contributed by atoms with Gasteiger partial charge in [0.15, 0.2) is 5.76 Å². The number of amides is 2. The largest absolute Gasteiger partial charge is 0.451 e. The van der Waals surface area contributed by atoms with E-state index in [0.717, 1.165) is 0 Å². The van der Waals surface area contributed by atoms with Crippen LogP contribution in [0.1, 0.15) is 20.9 Å². The fraction of sp³-hybridized carbons (Fsp3) is 0. The smallest absolute Gasteiger partial charge is 0.291 e. The highest BCUT2D eigenvalue weighted by atomic mass is 16.6. The molecule has 32 heavy (non-hydrogen) atoms. The van der Waals surface area contributed by atoms with Crippen LogP contribution in [0.4, 0.5) is 17.2 Å². The minimum atomic E-state index is -0.570. The van der Waals surface area contributed by atoms with Crippen LogP contribution in [-0.2, 0) is 0 Å². The predicted molar refractivity (Wildman–Crippen MR) is 117 cm³/mol. The number of furan rings is 1. The molecule has 4 rings (SSSR count). The van der Waals surface area contributed by atoms with E-state index in [1.807, 2.05) is 0 Å². The number of anilines is 2. The van der Waals surface area contributed by atoms with Gasteiger partial charge in [-0.1, -0.05) is 30.3 Å². The quantitative estimate of drug-likeness (QED) is 0.337. The van der Waals surface area contributed by atoms with Crippen LogP contribution in [0.15, 0.2) is 89.5 Å². The van der Waals surface area contributed by atoms with Gasteiger partial charge in [-0.3, -0.25) is 19.7 Å². The number of pyridine rings is 1. The molecule has 2 aromatic carbocycles. The summed E-state index contributed by atoms with van der Waals surface area (Å²) >= 11 is 0.